The summed E-state index contributed by atoms with van der Waals surface area (Å²) in [6.07, 6.45) is 24.3. The van der Waals surface area contributed by atoms with Crippen molar-refractivity contribution < 1.29 is 19.1 Å². The van der Waals surface area contributed by atoms with E-state index in [0.29, 0.717) is 13.0 Å². The smallest absolute Gasteiger partial charge is 0.408 e. The maximum absolute atomic E-state index is 12.4. The fraction of sp³-hybridized carbons (Fsp3) is 0.846. The zero-order chi connectivity index (χ0) is 23.0. The van der Waals surface area contributed by atoms with Gasteiger partial charge in [0.15, 0.2) is 6.61 Å². The Balaban J connectivity index is 3.87. The zero-order valence-electron chi connectivity index (χ0n) is 20.2. The molecule has 0 aliphatic heterocycles. The van der Waals surface area contributed by atoms with Crippen molar-refractivity contribution in [1.82, 2.24) is 5.32 Å². The molecule has 0 aliphatic carbocycles. The molecule has 0 spiro atoms. The molecule has 0 bridgehead atoms. The lowest BCUT2D eigenvalue weighted by Gasteiger charge is -2.17. The summed E-state index contributed by atoms with van der Waals surface area (Å²) in [6.45, 7) is 4.68. The minimum atomic E-state index is -0.667. The van der Waals surface area contributed by atoms with E-state index in [4.69, 9.17) is 15.9 Å². The van der Waals surface area contributed by atoms with Gasteiger partial charge in [-0.3, -0.25) is 0 Å². The van der Waals surface area contributed by atoms with Gasteiger partial charge < -0.3 is 14.8 Å². The molecule has 1 amide bonds. The van der Waals surface area contributed by atoms with E-state index in [-0.39, 0.29) is 12.6 Å². The fourth-order valence-electron chi connectivity index (χ4n) is 3.53. The van der Waals surface area contributed by atoms with Crippen LogP contribution in [0.4, 0.5) is 4.79 Å². The molecule has 0 rings (SSSR count). The van der Waals surface area contributed by atoms with Crippen LogP contribution in [0.5, 0.6) is 0 Å². The molecule has 180 valence electrons. The average molecular weight is 438 g/mol. The molecule has 31 heavy (non-hydrogen) atoms. The van der Waals surface area contributed by atoms with Crippen molar-refractivity contribution in [3.63, 3.8) is 0 Å². The number of nitrogens with one attached hydrogen (secondary N) is 1. The lowest BCUT2D eigenvalue weighted by Crippen LogP contribution is -2.42. The third-order valence-corrected chi connectivity index (χ3v) is 5.45. The highest BCUT2D eigenvalue weighted by Crippen LogP contribution is 2.12. The molecule has 0 fully saturated rings. The van der Waals surface area contributed by atoms with Gasteiger partial charge in [0.25, 0.3) is 0 Å². The zero-order valence-corrected chi connectivity index (χ0v) is 20.2. The first-order valence-corrected chi connectivity index (χ1v) is 12.7. The van der Waals surface area contributed by atoms with Gasteiger partial charge in [-0.15, -0.1) is 6.42 Å². The van der Waals surface area contributed by atoms with Gasteiger partial charge in [-0.2, -0.15) is 0 Å². The summed E-state index contributed by atoms with van der Waals surface area (Å²) in [4.78, 5) is 24.1. The highest BCUT2D eigenvalue weighted by Gasteiger charge is 2.22. The standard InChI is InChI=1S/C26H47NO4/c1-4-7-9-11-12-13-14-15-16-17-18-20-23-30-25(28)24(21-19-10-8-5-2)27-26(29)31-22-6-3/h3,24H,4-5,7-23H2,1-2H3,(H,27,29). The van der Waals surface area contributed by atoms with Crippen LogP contribution in [0.2, 0.25) is 0 Å². The monoisotopic (exact) mass is 437 g/mol. The molecular weight excluding hydrogens is 390 g/mol. The van der Waals surface area contributed by atoms with Crippen molar-refractivity contribution in [2.45, 2.75) is 129 Å². The molecule has 5 nitrogen and oxygen atoms in total. The summed E-state index contributed by atoms with van der Waals surface area (Å²) >= 11 is 0. The third-order valence-electron chi connectivity index (χ3n) is 5.45. The van der Waals surface area contributed by atoms with E-state index >= 15 is 0 Å². The van der Waals surface area contributed by atoms with Crippen LogP contribution in [0.15, 0.2) is 0 Å². The minimum absolute atomic E-state index is 0.109. The number of esters is 1. The van der Waals surface area contributed by atoms with E-state index in [2.05, 4.69) is 25.1 Å². The highest BCUT2D eigenvalue weighted by atomic mass is 16.6. The topological polar surface area (TPSA) is 64.6 Å². The van der Waals surface area contributed by atoms with Gasteiger partial charge in [0.1, 0.15) is 6.04 Å². The van der Waals surface area contributed by atoms with Crippen LogP contribution in [0, 0.1) is 12.3 Å². The number of hydrogen-bond donors (Lipinski definition) is 1. The first-order chi connectivity index (χ1) is 15.2. The van der Waals surface area contributed by atoms with Crippen LogP contribution >= 0.6 is 0 Å². The third kappa shape index (κ3) is 20.0. The van der Waals surface area contributed by atoms with Crippen LogP contribution in [0.1, 0.15) is 123 Å². The molecule has 0 saturated heterocycles. The predicted molar refractivity (Wildman–Crippen MR) is 128 cm³/mol. The molecule has 5 heteroatoms. The summed E-state index contributed by atoms with van der Waals surface area (Å²) in [5.74, 6) is 1.86. The normalized spacial score (nSPS) is 11.5. The molecule has 0 aliphatic rings. The van der Waals surface area contributed by atoms with Crippen LogP contribution in [-0.2, 0) is 14.3 Å². The number of carbonyl (C=O) groups excluding carboxylic acids is 2. The van der Waals surface area contributed by atoms with Crippen molar-refractivity contribution in [2.24, 2.45) is 0 Å². The second-order valence-electron chi connectivity index (χ2n) is 8.38. The van der Waals surface area contributed by atoms with Crippen molar-refractivity contribution in [1.29, 1.82) is 0 Å². The molecule has 1 atom stereocenters. The molecule has 0 heterocycles. The van der Waals surface area contributed by atoms with E-state index in [1.807, 2.05) is 0 Å². The van der Waals surface area contributed by atoms with E-state index < -0.39 is 12.1 Å². The van der Waals surface area contributed by atoms with Crippen LogP contribution in [0.25, 0.3) is 0 Å². The van der Waals surface area contributed by atoms with Crippen molar-refractivity contribution >= 4 is 12.1 Å². The summed E-state index contributed by atoms with van der Waals surface area (Å²) in [5, 5.41) is 2.59. The fourth-order valence-corrected chi connectivity index (χ4v) is 3.53. The number of terminal acetylenes is 1. The lowest BCUT2D eigenvalue weighted by molar-refractivity contribution is -0.146. The van der Waals surface area contributed by atoms with Gasteiger partial charge in [-0.1, -0.05) is 116 Å². The largest absolute Gasteiger partial charge is 0.464 e. The van der Waals surface area contributed by atoms with Gasteiger partial charge in [-0.25, -0.2) is 9.59 Å². The number of ether oxygens (including phenoxy) is 2. The van der Waals surface area contributed by atoms with Gasteiger partial charge >= 0.3 is 12.1 Å². The Bertz CT molecular complexity index is 473. The quantitative estimate of drug-likeness (QED) is 0.120. The van der Waals surface area contributed by atoms with Crippen molar-refractivity contribution in [3.8, 4) is 12.3 Å². The maximum atomic E-state index is 12.4. The molecule has 1 unspecified atom stereocenters. The Morgan fingerprint density at radius 1 is 0.742 bits per heavy atom. The Hall–Kier alpha value is -1.70. The van der Waals surface area contributed by atoms with Crippen LogP contribution in [0.3, 0.4) is 0 Å². The highest BCUT2D eigenvalue weighted by molar-refractivity contribution is 5.81. The number of hydrogen-bond acceptors (Lipinski definition) is 4. The summed E-state index contributed by atoms with van der Waals surface area (Å²) in [5.41, 5.74) is 0. The number of alkyl carbamates (subject to hydrolysis) is 1. The number of unbranched alkanes of at least 4 members (excludes halogenated alkanes) is 14. The number of amides is 1. The predicted octanol–water partition coefficient (Wildman–Crippen LogP) is 6.93. The molecule has 0 aromatic heterocycles. The molecule has 1 N–H and O–H groups in total. The minimum Gasteiger partial charge on any atom is -0.464 e. The SMILES string of the molecule is C#CCOC(=O)NC(CCCCCC)C(=O)OCCCCCCCCCCCCCC. The van der Waals surface area contributed by atoms with E-state index in [1.165, 1.54) is 64.2 Å². The van der Waals surface area contributed by atoms with E-state index in [0.717, 1.165) is 38.5 Å². The van der Waals surface area contributed by atoms with Crippen molar-refractivity contribution in [2.75, 3.05) is 13.2 Å². The first-order valence-electron chi connectivity index (χ1n) is 12.7. The molecule has 0 aromatic carbocycles. The Morgan fingerprint density at radius 3 is 1.74 bits per heavy atom. The average Bonchev–Trinajstić information content (AvgIpc) is 2.77. The first kappa shape index (κ1) is 29.3. The Kier molecular flexibility index (Phi) is 21.7. The van der Waals surface area contributed by atoms with Gasteiger partial charge in [0.2, 0.25) is 0 Å². The number of rotatable bonds is 21. The van der Waals surface area contributed by atoms with Gasteiger partial charge in [0.05, 0.1) is 6.61 Å². The maximum Gasteiger partial charge on any atom is 0.408 e. The van der Waals surface area contributed by atoms with E-state index in [9.17, 15) is 9.59 Å². The van der Waals surface area contributed by atoms with Crippen molar-refractivity contribution in [3.05, 3.63) is 0 Å². The molecule has 0 aromatic rings. The van der Waals surface area contributed by atoms with Crippen LogP contribution in [-0.4, -0.2) is 31.3 Å². The van der Waals surface area contributed by atoms with Gasteiger partial charge in [-0.05, 0) is 12.8 Å². The van der Waals surface area contributed by atoms with E-state index in [1.54, 1.807) is 0 Å². The summed E-state index contributed by atoms with van der Waals surface area (Å²) in [7, 11) is 0. The molecule has 0 saturated carbocycles. The lowest BCUT2D eigenvalue weighted by atomic mass is 10.1. The van der Waals surface area contributed by atoms with Crippen LogP contribution < -0.4 is 5.32 Å². The number of carbonyl (C=O) groups is 2. The second kappa shape index (κ2) is 23.0. The Labute approximate surface area is 191 Å². The second-order valence-corrected chi connectivity index (χ2v) is 8.38. The molecular formula is C26H47NO4. The molecule has 0 radical (unpaired) electrons. The van der Waals surface area contributed by atoms with Gasteiger partial charge in [0, 0.05) is 0 Å². The summed E-state index contributed by atoms with van der Waals surface area (Å²) < 4.78 is 10.2. The summed E-state index contributed by atoms with van der Waals surface area (Å²) in [6, 6.07) is -0.667. The Morgan fingerprint density at radius 2 is 1.23 bits per heavy atom.